The molecule has 0 aromatic heterocycles. The van der Waals surface area contributed by atoms with Crippen LogP contribution in [0, 0.1) is 0 Å². The predicted molar refractivity (Wildman–Crippen MR) is 67.1 cm³/mol. The lowest BCUT2D eigenvalue weighted by Gasteiger charge is -2.15. The second kappa shape index (κ2) is 4.47. The zero-order valence-corrected chi connectivity index (χ0v) is 9.55. The van der Waals surface area contributed by atoms with Gasteiger partial charge in [-0.25, -0.2) is 0 Å². The predicted octanol–water partition coefficient (Wildman–Crippen LogP) is 2.82. The summed E-state index contributed by atoms with van der Waals surface area (Å²) in [6.45, 7) is 5.31. The van der Waals surface area contributed by atoms with Gasteiger partial charge >= 0.3 is 0 Å². The van der Waals surface area contributed by atoms with Crippen molar-refractivity contribution in [3.63, 3.8) is 0 Å². The van der Waals surface area contributed by atoms with E-state index in [4.69, 9.17) is 4.74 Å². The fourth-order valence-electron chi connectivity index (χ4n) is 1.59. The van der Waals surface area contributed by atoms with Crippen LogP contribution >= 0.6 is 0 Å². The van der Waals surface area contributed by atoms with Crippen molar-refractivity contribution in [2.45, 2.75) is 13.2 Å². The van der Waals surface area contributed by atoms with Crippen LogP contribution in [0.5, 0.6) is 11.5 Å². The number of phenolic OH excluding ortho intramolecular Hbond substituents is 1. The molecule has 0 saturated heterocycles. The lowest BCUT2D eigenvalue weighted by molar-refractivity contribution is 0.0163. The first-order valence-electron chi connectivity index (χ1n) is 5.30. The van der Waals surface area contributed by atoms with E-state index in [1.165, 1.54) is 0 Å². The molecule has 3 nitrogen and oxygen atoms in total. The molecule has 17 heavy (non-hydrogen) atoms. The van der Waals surface area contributed by atoms with Gasteiger partial charge in [-0.05, 0) is 24.6 Å². The van der Waals surface area contributed by atoms with Crippen molar-refractivity contribution in [3.05, 3.63) is 48.6 Å². The number of hydrogen-bond acceptors (Lipinski definition) is 3. The van der Waals surface area contributed by atoms with Gasteiger partial charge in [0.2, 0.25) is 6.29 Å². The topological polar surface area (TPSA) is 49.7 Å². The minimum Gasteiger partial charge on any atom is -0.507 e. The minimum absolute atomic E-state index is 0.192. The second-order valence-corrected chi connectivity index (χ2v) is 3.94. The van der Waals surface area contributed by atoms with Crippen LogP contribution in [0.4, 0.5) is 0 Å². The molecule has 0 fully saturated rings. The number of phenols is 1. The zero-order chi connectivity index (χ0) is 12.4. The average molecular weight is 230 g/mol. The lowest BCUT2D eigenvalue weighted by atomic mass is 10.1. The first kappa shape index (κ1) is 11.5. The van der Waals surface area contributed by atoms with Gasteiger partial charge in [0, 0.05) is 10.8 Å². The Bertz CT molecular complexity index is 560. The maximum Gasteiger partial charge on any atom is 0.219 e. The number of hydrogen-bond donors (Lipinski definition) is 2. The normalized spacial score (nSPS) is 12.4. The standard InChI is InChI=1S/C14H14O3/c1-9(2)14(16)17-13-8-4-5-10-11(13)6-3-7-12(10)15/h3-8,14-16H,1H2,2H3. The zero-order valence-electron chi connectivity index (χ0n) is 9.55. The summed E-state index contributed by atoms with van der Waals surface area (Å²) in [7, 11) is 0. The van der Waals surface area contributed by atoms with Crippen molar-refractivity contribution in [3.8, 4) is 11.5 Å². The van der Waals surface area contributed by atoms with E-state index in [0.29, 0.717) is 16.7 Å². The van der Waals surface area contributed by atoms with E-state index in [1.54, 1.807) is 37.3 Å². The monoisotopic (exact) mass is 230 g/mol. The van der Waals surface area contributed by atoms with Crippen LogP contribution < -0.4 is 4.74 Å². The highest BCUT2D eigenvalue weighted by molar-refractivity contribution is 5.92. The van der Waals surface area contributed by atoms with Gasteiger partial charge in [0.25, 0.3) is 0 Å². The van der Waals surface area contributed by atoms with Gasteiger partial charge in [-0.1, -0.05) is 30.8 Å². The molecule has 0 amide bonds. The van der Waals surface area contributed by atoms with Crippen molar-refractivity contribution in [2.75, 3.05) is 0 Å². The molecule has 2 N–H and O–H groups in total. The number of fused-ring (bicyclic) bond motifs is 1. The van der Waals surface area contributed by atoms with E-state index in [2.05, 4.69) is 6.58 Å². The summed E-state index contributed by atoms with van der Waals surface area (Å²) in [5.41, 5.74) is 0.530. The van der Waals surface area contributed by atoms with E-state index >= 15 is 0 Å². The Morgan fingerprint density at radius 3 is 2.53 bits per heavy atom. The molecule has 2 aromatic rings. The highest BCUT2D eigenvalue weighted by Gasteiger charge is 2.10. The number of aliphatic hydroxyl groups is 1. The largest absolute Gasteiger partial charge is 0.507 e. The van der Waals surface area contributed by atoms with E-state index in [1.807, 2.05) is 6.07 Å². The Morgan fingerprint density at radius 2 is 1.82 bits per heavy atom. The van der Waals surface area contributed by atoms with Crippen LogP contribution in [0.15, 0.2) is 48.6 Å². The molecule has 88 valence electrons. The summed E-state index contributed by atoms with van der Waals surface area (Å²) in [5.74, 6) is 0.715. The maximum atomic E-state index is 9.70. The van der Waals surface area contributed by atoms with Crippen LogP contribution in [0.2, 0.25) is 0 Å². The first-order valence-corrected chi connectivity index (χ1v) is 5.30. The molecule has 3 heteroatoms. The number of benzene rings is 2. The minimum atomic E-state index is -1.04. The molecular formula is C14H14O3. The summed E-state index contributed by atoms with van der Waals surface area (Å²) in [6, 6.07) is 10.5. The summed E-state index contributed by atoms with van der Waals surface area (Å²) in [5, 5.41) is 20.8. The SMILES string of the molecule is C=C(C)C(O)Oc1cccc2c(O)cccc12. The van der Waals surface area contributed by atoms with Crippen LogP contribution in [0.1, 0.15) is 6.92 Å². The number of rotatable bonds is 3. The van der Waals surface area contributed by atoms with Crippen molar-refractivity contribution in [1.29, 1.82) is 0 Å². The van der Waals surface area contributed by atoms with Gasteiger partial charge in [-0.3, -0.25) is 0 Å². The molecule has 0 bridgehead atoms. The third kappa shape index (κ3) is 2.24. The van der Waals surface area contributed by atoms with E-state index in [-0.39, 0.29) is 5.75 Å². The summed E-state index contributed by atoms with van der Waals surface area (Å²) < 4.78 is 5.39. The lowest BCUT2D eigenvalue weighted by Crippen LogP contribution is -2.16. The molecule has 0 saturated carbocycles. The maximum absolute atomic E-state index is 9.70. The molecule has 1 unspecified atom stereocenters. The molecule has 2 rings (SSSR count). The highest BCUT2D eigenvalue weighted by Crippen LogP contribution is 2.31. The van der Waals surface area contributed by atoms with Gasteiger partial charge < -0.3 is 14.9 Å². The van der Waals surface area contributed by atoms with Gasteiger partial charge in [0.05, 0.1) is 0 Å². The Kier molecular flexibility index (Phi) is 3.02. The van der Waals surface area contributed by atoms with E-state index in [0.717, 1.165) is 5.39 Å². The molecule has 0 heterocycles. The fourth-order valence-corrected chi connectivity index (χ4v) is 1.59. The highest BCUT2D eigenvalue weighted by atomic mass is 16.6. The number of aliphatic hydroxyl groups excluding tert-OH is 1. The molecule has 0 spiro atoms. The van der Waals surface area contributed by atoms with Gasteiger partial charge in [-0.2, -0.15) is 0 Å². The molecule has 2 aromatic carbocycles. The van der Waals surface area contributed by atoms with Crippen molar-refractivity contribution in [1.82, 2.24) is 0 Å². The first-order chi connectivity index (χ1) is 8.09. The number of ether oxygens (including phenoxy) is 1. The number of aromatic hydroxyl groups is 1. The summed E-state index contributed by atoms with van der Waals surface area (Å²) in [4.78, 5) is 0. The second-order valence-electron chi connectivity index (χ2n) is 3.94. The summed E-state index contributed by atoms with van der Waals surface area (Å²) in [6.07, 6.45) is -1.04. The van der Waals surface area contributed by atoms with Crippen molar-refractivity contribution in [2.24, 2.45) is 0 Å². The van der Waals surface area contributed by atoms with Gasteiger partial charge in [0.15, 0.2) is 0 Å². The molecule has 0 aliphatic heterocycles. The van der Waals surface area contributed by atoms with Crippen LogP contribution in [0.25, 0.3) is 10.8 Å². The van der Waals surface area contributed by atoms with Gasteiger partial charge in [-0.15, -0.1) is 0 Å². The quantitative estimate of drug-likeness (QED) is 0.629. The Morgan fingerprint density at radius 1 is 1.18 bits per heavy atom. The molecule has 1 atom stereocenters. The molecule has 0 radical (unpaired) electrons. The molecule has 0 aliphatic carbocycles. The molecular weight excluding hydrogens is 216 g/mol. The Balaban J connectivity index is 2.48. The third-order valence-electron chi connectivity index (χ3n) is 2.52. The van der Waals surface area contributed by atoms with E-state index < -0.39 is 6.29 Å². The molecule has 0 aliphatic rings. The average Bonchev–Trinajstić information content (AvgIpc) is 2.30. The Labute approximate surface area is 99.6 Å². The smallest absolute Gasteiger partial charge is 0.219 e. The van der Waals surface area contributed by atoms with Crippen LogP contribution in [0.3, 0.4) is 0 Å². The Hall–Kier alpha value is -2.00. The summed E-state index contributed by atoms with van der Waals surface area (Å²) >= 11 is 0. The van der Waals surface area contributed by atoms with Gasteiger partial charge in [0.1, 0.15) is 11.5 Å². The fraction of sp³-hybridized carbons (Fsp3) is 0.143. The van der Waals surface area contributed by atoms with Crippen molar-refractivity contribution < 1.29 is 14.9 Å². The van der Waals surface area contributed by atoms with E-state index in [9.17, 15) is 10.2 Å². The third-order valence-corrected chi connectivity index (χ3v) is 2.52. The van der Waals surface area contributed by atoms with Crippen molar-refractivity contribution >= 4 is 10.8 Å². The van der Waals surface area contributed by atoms with Crippen LogP contribution in [-0.2, 0) is 0 Å². The van der Waals surface area contributed by atoms with Crippen LogP contribution in [-0.4, -0.2) is 16.5 Å².